The zero-order chi connectivity index (χ0) is 17.1. The molecule has 2 aromatic heterocycles. The van der Waals surface area contributed by atoms with E-state index in [2.05, 4.69) is 29.1 Å². The number of pyridine rings is 1. The molecule has 1 saturated heterocycles. The predicted molar refractivity (Wildman–Crippen MR) is 93.5 cm³/mol. The lowest BCUT2D eigenvalue weighted by molar-refractivity contribution is -0.128. The quantitative estimate of drug-likeness (QED) is 0.905. The highest BCUT2D eigenvalue weighted by Crippen LogP contribution is 2.26. The number of rotatable bonds is 5. The molecule has 0 radical (unpaired) electrons. The van der Waals surface area contributed by atoms with Crippen LogP contribution < -0.4 is 5.32 Å². The van der Waals surface area contributed by atoms with Crippen molar-refractivity contribution in [3.63, 3.8) is 0 Å². The second-order valence-corrected chi connectivity index (χ2v) is 7.22. The van der Waals surface area contributed by atoms with Crippen molar-refractivity contribution >= 4 is 28.3 Å². The van der Waals surface area contributed by atoms with E-state index in [1.54, 1.807) is 17.3 Å². The van der Waals surface area contributed by atoms with Gasteiger partial charge in [-0.15, -0.1) is 11.3 Å². The molecule has 2 aromatic rings. The molecule has 1 aliphatic heterocycles. The van der Waals surface area contributed by atoms with Gasteiger partial charge in [-0.05, 0) is 18.1 Å². The average molecular weight is 344 g/mol. The normalized spacial score (nSPS) is 17.5. The van der Waals surface area contributed by atoms with Gasteiger partial charge in [-0.1, -0.05) is 13.8 Å². The molecular weight excluding hydrogens is 324 g/mol. The summed E-state index contributed by atoms with van der Waals surface area (Å²) in [7, 11) is 0. The number of anilines is 1. The van der Waals surface area contributed by atoms with Gasteiger partial charge in [0.1, 0.15) is 0 Å². The van der Waals surface area contributed by atoms with Crippen LogP contribution in [-0.4, -0.2) is 39.8 Å². The molecule has 3 heterocycles. The van der Waals surface area contributed by atoms with Gasteiger partial charge in [0.2, 0.25) is 11.8 Å². The minimum atomic E-state index is -0.304. The number of likely N-dealkylation sites (tertiary alicyclic amines) is 1. The van der Waals surface area contributed by atoms with Gasteiger partial charge in [0, 0.05) is 42.8 Å². The van der Waals surface area contributed by atoms with Crippen LogP contribution in [0.1, 0.15) is 20.3 Å². The molecule has 0 aromatic carbocycles. The van der Waals surface area contributed by atoms with E-state index in [4.69, 9.17) is 0 Å². The Bertz CT molecular complexity index is 729. The third-order valence-electron chi connectivity index (χ3n) is 3.86. The van der Waals surface area contributed by atoms with Crippen molar-refractivity contribution < 1.29 is 9.59 Å². The first kappa shape index (κ1) is 16.6. The predicted octanol–water partition coefficient (Wildman–Crippen LogP) is 2.65. The molecule has 0 aliphatic carbocycles. The van der Waals surface area contributed by atoms with Gasteiger partial charge in [0.05, 0.1) is 11.6 Å². The molecule has 1 N–H and O–H groups in total. The number of carbonyl (C=O) groups is 2. The van der Waals surface area contributed by atoms with E-state index in [9.17, 15) is 9.59 Å². The van der Waals surface area contributed by atoms with Gasteiger partial charge in [-0.3, -0.25) is 14.6 Å². The summed E-state index contributed by atoms with van der Waals surface area (Å²) in [4.78, 5) is 34.7. The number of hydrogen-bond acceptors (Lipinski definition) is 5. The van der Waals surface area contributed by atoms with Crippen molar-refractivity contribution in [1.29, 1.82) is 0 Å². The first-order valence-corrected chi connectivity index (χ1v) is 8.85. The van der Waals surface area contributed by atoms with E-state index in [1.165, 1.54) is 11.3 Å². The Morgan fingerprint density at radius 2 is 2.33 bits per heavy atom. The van der Waals surface area contributed by atoms with Crippen molar-refractivity contribution in [2.24, 2.45) is 11.8 Å². The highest BCUT2D eigenvalue weighted by Gasteiger charge is 2.34. The molecule has 24 heavy (non-hydrogen) atoms. The smallest absolute Gasteiger partial charge is 0.231 e. The van der Waals surface area contributed by atoms with Gasteiger partial charge in [0.25, 0.3) is 0 Å². The summed E-state index contributed by atoms with van der Waals surface area (Å²) in [5.74, 6) is 0.0134. The number of aromatic nitrogens is 2. The standard InChI is InChI=1S/C17H20N4O2S/c1-11(2)8-21-9-13(6-15(21)22)16(23)20-17-19-14(10-24-17)12-4-3-5-18-7-12/h3-5,7,10-11,13H,6,8-9H2,1-2H3,(H,19,20,23). The van der Waals surface area contributed by atoms with Crippen molar-refractivity contribution in [3.05, 3.63) is 29.9 Å². The molecular formula is C17H20N4O2S. The number of nitrogens with zero attached hydrogens (tertiary/aromatic N) is 3. The fourth-order valence-electron chi connectivity index (χ4n) is 2.75. The topological polar surface area (TPSA) is 75.2 Å². The third kappa shape index (κ3) is 3.79. The lowest BCUT2D eigenvalue weighted by Gasteiger charge is -2.18. The zero-order valence-corrected chi connectivity index (χ0v) is 14.5. The van der Waals surface area contributed by atoms with E-state index in [0.29, 0.717) is 24.1 Å². The van der Waals surface area contributed by atoms with E-state index in [1.807, 2.05) is 17.5 Å². The fourth-order valence-corrected chi connectivity index (χ4v) is 3.47. The summed E-state index contributed by atoms with van der Waals surface area (Å²) >= 11 is 1.37. The average Bonchev–Trinajstić information content (AvgIpc) is 3.15. The monoisotopic (exact) mass is 344 g/mol. The summed E-state index contributed by atoms with van der Waals surface area (Å²) in [6.45, 7) is 5.32. The van der Waals surface area contributed by atoms with Crippen molar-refractivity contribution in [2.75, 3.05) is 18.4 Å². The Balaban J connectivity index is 1.62. The van der Waals surface area contributed by atoms with Gasteiger partial charge < -0.3 is 10.2 Å². The summed E-state index contributed by atoms with van der Waals surface area (Å²) in [5.41, 5.74) is 1.70. The summed E-state index contributed by atoms with van der Waals surface area (Å²) < 4.78 is 0. The molecule has 1 aliphatic rings. The summed E-state index contributed by atoms with van der Waals surface area (Å²) in [6.07, 6.45) is 3.72. The largest absolute Gasteiger partial charge is 0.342 e. The molecule has 0 bridgehead atoms. The molecule has 1 unspecified atom stereocenters. The molecule has 3 rings (SSSR count). The van der Waals surface area contributed by atoms with E-state index < -0.39 is 0 Å². The Morgan fingerprint density at radius 1 is 1.50 bits per heavy atom. The molecule has 2 amide bonds. The van der Waals surface area contributed by atoms with Crippen LogP contribution in [0, 0.1) is 11.8 Å². The van der Waals surface area contributed by atoms with Gasteiger partial charge in [-0.25, -0.2) is 4.98 Å². The van der Waals surface area contributed by atoms with Gasteiger partial charge in [0.15, 0.2) is 5.13 Å². The molecule has 7 heteroatoms. The number of hydrogen-bond donors (Lipinski definition) is 1. The maximum absolute atomic E-state index is 12.4. The summed E-state index contributed by atoms with van der Waals surface area (Å²) in [5, 5.41) is 5.27. The number of amides is 2. The Labute approximate surface area is 144 Å². The first-order chi connectivity index (χ1) is 11.5. The van der Waals surface area contributed by atoms with Crippen molar-refractivity contribution in [3.8, 4) is 11.3 Å². The van der Waals surface area contributed by atoms with Gasteiger partial charge in [-0.2, -0.15) is 0 Å². The molecule has 1 atom stereocenters. The van der Waals surface area contributed by atoms with Crippen LogP contribution in [0.3, 0.4) is 0 Å². The zero-order valence-electron chi connectivity index (χ0n) is 13.7. The summed E-state index contributed by atoms with van der Waals surface area (Å²) in [6, 6.07) is 3.77. The Morgan fingerprint density at radius 3 is 3.04 bits per heavy atom. The number of carbonyl (C=O) groups excluding carboxylic acids is 2. The molecule has 6 nitrogen and oxygen atoms in total. The molecule has 126 valence electrons. The van der Waals surface area contributed by atoms with Crippen LogP contribution in [0.5, 0.6) is 0 Å². The lowest BCUT2D eigenvalue weighted by Crippen LogP contribution is -2.31. The van der Waals surface area contributed by atoms with E-state index in [-0.39, 0.29) is 24.2 Å². The fraction of sp³-hybridized carbons (Fsp3) is 0.412. The van der Waals surface area contributed by atoms with Crippen LogP contribution in [0.2, 0.25) is 0 Å². The number of thiazole rings is 1. The van der Waals surface area contributed by atoms with Crippen LogP contribution in [0.15, 0.2) is 29.9 Å². The minimum absolute atomic E-state index is 0.0547. The van der Waals surface area contributed by atoms with Crippen LogP contribution >= 0.6 is 11.3 Å². The number of nitrogens with one attached hydrogen (secondary N) is 1. The lowest BCUT2D eigenvalue weighted by atomic mass is 10.1. The molecule has 0 saturated carbocycles. The first-order valence-electron chi connectivity index (χ1n) is 7.97. The maximum Gasteiger partial charge on any atom is 0.231 e. The van der Waals surface area contributed by atoms with Crippen LogP contribution in [0.4, 0.5) is 5.13 Å². The third-order valence-corrected chi connectivity index (χ3v) is 4.62. The SMILES string of the molecule is CC(C)CN1CC(C(=O)Nc2nc(-c3cccnc3)cs2)CC1=O. The second-order valence-electron chi connectivity index (χ2n) is 6.36. The minimum Gasteiger partial charge on any atom is -0.342 e. The highest BCUT2D eigenvalue weighted by molar-refractivity contribution is 7.14. The Kier molecular flexibility index (Phi) is 4.89. The second kappa shape index (κ2) is 7.09. The van der Waals surface area contributed by atoms with Crippen molar-refractivity contribution in [1.82, 2.24) is 14.9 Å². The highest BCUT2D eigenvalue weighted by atomic mass is 32.1. The van der Waals surface area contributed by atoms with E-state index in [0.717, 1.165) is 11.3 Å². The Hall–Kier alpha value is -2.28. The van der Waals surface area contributed by atoms with Gasteiger partial charge >= 0.3 is 0 Å². The maximum atomic E-state index is 12.4. The van der Waals surface area contributed by atoms with Crippen LogP contribution in [0.25, 0.3) is 11.3 Å². The van der Waals surface area contributed by atoms with E-state index >= 15 is 0 Å². The molecule has 0 spiro atoms. The molecule has 1 fully saturated rings. The van der Waals surface area contributed by atoms with Crippen molar-refractivity contribution in [2.45, 2.75) is 20.3 Å². The van der Waals surface area contributed by atoms with Crippen LogP contribution in [-0.2, 0) is 9.59 Å².